The molecule has 0 atom stereocenters. The quantitative estimate of drug-likeness (QED) is 0.727. The van der Waals surface area contributed by atoms with Gasteiger partial charge in [0.2, 0.25) is 0 Å². The van der Waals surface area contributed by atoms with Gasteiger partial charge in [0, 0.05) is 16.4 Å². The Morgan fingerprint density at radius 1 is 1.26 bits per heavy atom. The molecule has 1 aromatic carbocycles. The number of hydrogen-bond acceptors (Lipinski definition) is 2. The standard InChI is InChI=1S/C18H18BrN3O/c1-3-4-15-17(22-10-9-12(2)11-16(22)21-15)18(23)20-14-7-5-13(19)6-8-14/h5-11H,3-4H2,1-2H3,(H,20,23). The molecule has 0 spiro atoms. The van der Waals surface area contributed by atoms with E-state index in [4.69, 9.17) is 0 Å². The Kier molecular flexibility index (Phi) is 4.48. The van der Waals surface area contributed by atoms with Crippen molar-refractivity contribution >= 4 is 33.2 Å². The highest BCUT2D eigenvalue weighted by Gasteiger charge is 2.19. The summed E-state index contributed by atoms with van der Waals surface area (Å²) in [5.41, 5.74) is 4.17. The number of fused-ring (bicyclic) bond motifs is 1. The van der Waals surface area contributed by atoms with Crippen molar-refractivity contribution < 1.29 is 4.79 Å². The monoisotopic (exact) mass is 371 g/mol. The molecule has 0 unspecified atom stereocenters. The van der Waals surface area contributed by atoms with E-state index in [1.165, 1.54) is 0 Å². The summed E-state index contributed by atoms with van der Waals surface area (Å²) in [4.78, 5) is 17.4. The fraction of sp³-hybridized carbons (Fsp3) is 0.222. The Morgan fingerprint density at radius 2 is 2.00 bits per heavy atom. The molecule has 0 radical (unpaired) electrons. The van der Waals surface area contributed by atoms with Crippen LogP contribution in [-0.2, 0) is 6.42 Å². The Balaban J connectivity index is 2.00. The Bertz CT molecular complexity index is 853. The summed E-state index contributed by atoms with van der Waals surface area (Å²) < 4.78 is 2.85. The van der Waals surface area contributed by atoms with E-state index >= 15 is 0 Å². The van der Waals surface area contributed by atoms with Crippen LogP contribution in [0, 0.1) is 6.92 Å². The molecule has 23 heavy (non-hydrogen) atoms. The predicted octanol–water partition coefficient (Wildman–Crippen LogP) is 4.61. The maximum Gasteiger partial charge on any atom is 0.274 e. The Morgan fingerprint density at radius 3 is 2.70 bits per heavy atom. The van der Waals surface area contributed by atoms with Gasteiger partial charge in [-0.1, -0.05) is 29.3 Å². The third-order valence-electron chi connectivity index (χ3n) is 3.66. The highest BCUT2D eigenvalue weighted by molar-refractivity contribution is 9.10. The van der Waals surface area contributed by atoms with Gasteiger partial charge in [0.15, 0.2) is 0 Å². The van der Waals surface area contributed by atoms with Crippen LogP contribution in [-0.4, -0.2) is 15.3 Å². The minimum Gasteiger partial charge on any atom is -0.321 e. The van der Waals surface area contributed by atoms with Crippen LogP contribution in [0.5, 0.6) is 0 Å². The number of nitrogens with one attached hydrogen (secondary N) is 1. The second-order valence-electron chi connectivity index (χ2n) is 5.55. The number of amides is 1. The highest BCUT2D eigenvalue weighted by Crippen LogP contribution is 2.19. The molecule has 2 aromatic heterocycles. The van der Waals surface area contributed by atoms with E-state index < -0.39 is 0 Å². The van der Waals surface area contributed by atoms with Crippen molar-refractivity contribution in [2.75, 3.05) is 5.32 Å². The van der Waals surface area contributed by atoms with Crippen molar-refractivity contribution in [2.24, 2.45) is 0 Å². The fourth-order valence-corrected chi connectivity index (χ4v) is 2.83. The number of hydrogen-bond donors (Lipinski definition) is 1. The number of carbonyl (C=O) groups excluding carboxylic acids is 1. The number of halogens is 1. The summed E-state index contributed by atoms with van der Waals surface area (Å²) in [5, 5.41) is 2.96. The van der Waals surface area contributed by atoms with E-state index in [9.17, 15) is 4.79 Å². The van der Waals surface area contributed by atoms with Gasteiger partial charge in [-0.2, -0.15) is 0 Å². The molecule has 4 nitrogen and oxygen atoms in total. The number of anilines is 1. The number of pyridine rings is 1. The molecule has 0 bridgehead atoms. The van der Waals surface area contributed by atoms with Gasteiger partial charge in [-0.15, -0.1) is 0 Å². The van der Waals surface area contributed by atoms with Crippen molar-refractivity contribution in [1.29, 1.82) is 0 Å². The van der Waals surface area contributed by atoms with Crippen LogP contribution in [0.2, 0.25) is 0 Å². The smallest absolute Gasteiger partial charge is 0.274 e. The summed E-state index contributed by atoms with van der Waals surface area (Å²) in [5.74, 6) is -0.132. The van der Waals surface area contributed by atoms with Crippen LogP contribution in [0.1, 0.15) is 35.1 Å². The summed E-state index contributed by atoms with van der Waals surface area (Å²) in [6, 6.07) is 11.5. The zero-order valence-corrected chi connectivity index (χ0v) is 14.7. The van der Waals surface area contributed by atoms with Crippen LogP contribution in [0.3, 0.4) is 0 Å². The second kappa shape index (κ2) is 6.54. The lowest BCUT2D eigenvalue weighted by atomic mass is 10.2. The first-order valence-electron chi connectivity index (χ1n) is 7.63. The van der Waals surface area contributed by atoms with Gasteiger partial charge in [0.1, 0.15) is 11.3 Å². The first-order valence-corrected chi connectivity index (χ1v) is 8.42. The molecular weight excluding hydrogens is 354 g/mol. The van der Waals surface area contributed by atoms with E-state index in [1.807, 2.05) is 53.9 Å². The van der Waals surface area contributed by atoms with Crippen molar-refractivity contribution in [3.05, 3.63) is 64.0 Å². The van der Waals surface area contributed by atoms with Gasteiger partial charge >= 0.3 is 0 Å². The third-order valence-corrected chi connectivity index (χ3v) is 4.19. The molecule has 118 valence electrons. The lowest BCUT2D eigenvalue weighted by Gasteiger charge is -2.07. The predicted molar refractivity (Wildman–Crippen MR) is 96.0 cm³/mol. The number of imidazole rings is 1. The number of carbonyl (C=O) groups is 1. The summed E-state index contributed by atoms with van der Waals surface area (Å²) >= 11 is 3.40. The van der Waals surface area contributed by atoms with E-state index in [0.29, 0.717) is 5.69 Å². The fourth-order valence-electron chi connectivity index (χ4n) is 2.57. The molecule has 1 N–H and O–H groups in total. The van der Waals surface area contributed by atoms with Crippen LogP contribution in [0.15, 0.2) is 47.1 Å². The van der Waals surface area contributed by atoms with Crippen LogP contribution in [0.25, 0.3) is 5.65 Å². The van der Waals surface area contributed by atoms with E-state index in [0.717, 1.165) is 39.9 Å². The molecule has 5 heteroatoms. The minimum absolute atomic E-state index is 0.132. The number of aryl methyl sites for hydroxylation is 2. The van der Waals surface area contributed by atoms with E-state index in [2.05, 4.69) is 33.2 Å². The molecule has 1 amide bonds. The lowest BCUT2D eigenvalue weighted by molar-refractivity contribution is 0.102. The van der Waals surface area contributed by atoms with Crippen LogP contribution < -0.4 is 5.32 Å². The van der Waals surface area contributed by atoms with Crippen molar-refractivity contribution in [1.82, 2.24) is 9.38 Å². The first-order chi connectivity index (χ1) is 11.1. The Labute approximate surface area is 143 Å². The third kappa shape index (κ3) is 3.29. The van der Waals surface area contributed by atoms with Gasteiger partial charge < -0.3 is 5.32 Å². The molecular formula is C18H18BrN3O. The average Bonchev–Trinajstić information content (AvgIpc) is 2.87. The van der Waals surface area contributed by atoms with Gasteiger partial charge in [0.25, 0.3) is 5.91 Å². The second-order valence-corrected chi connectivity index (χ2v) is 6.47. The van der Waals surface area contributed by atoms with Gasteiger partial charge in [-0.3, -0.25) is 9.20 Å². The lowest BCUT2D eigenvalue weighted by Crippen LogP contribution is -2.16. The topological polar surface area (TPSA) is 46.4 Å². The van der Waals surface area contributed by atoms with Crippen LogP contribution >= 0.6 is 15.9 Å². The van der Waals surface area contributed by atoms with E-state index in [-0.39, 0.29) is 5.91 Å². The molecule has 0 saturated heterocycles. The van der Waals surface area contributed by atoms with E-state index in [1.54, 1.807) is 0 Å². The van der Waals surface area contributed by atoms with Gasteiger partial charge in [-0.25, -0.2) is 4.98 Å². The summed E-state index contributed by atoms with van der Waals surface area (Å²) in [6.07, 6.45) is 3.64. The number of benzene rings is 1. The maximum absolute atomic E-state index is 12.8. The van der Waals surface area contributed by atoms with Gasteiger partial charge in [0.05, 0.1) is 5.69 Å². The zero-order chi connectivity index (χ0) is 16.4. The molecule has 3 aromatic rings. The Hall–Kier alpha value is -2.14. The molecule has 0 aliphatic heterocycles. The maximum atomic E-state index is 12.8. The van der Waals surface area contributed by atoms with Crippen molar-refractivity contribution in [3.63, 3.8) is 0 Å². The molecule has 3 rings (SSSR count). The first kappa shape index (κ1) is 15.7. The molecule has 0 aliphatic carbocycles. The summed E-state index contributed by atoms with van der Waals surface area (Å²) in [6.45, 7) is 4.11. The molecule has 0 aliphatic rings. The number of rotatable bonds is 4. The van der Waals surface area contributed by atoms with Crippen molar-refractivity contribution in [3.8, 4) is 0 Å². The molecule has 0 saturated carbocycles. The van der Waals surface area contributed by atoms with Gasteiger partial charge in [-0.05, 0) is 55.3 Å². The van der Waals surface area contributed by atoms with Crippen molar-refractivity contribution in [2.45, 2.75) is 26.7 Å². The SMILES string of the molecule is CCCc1nc2cc(C)ccn2c1C(=O)Nc1ccc(Br)cc1. The highest BCUT2D eigenvalue weighted by atomic mass is 79.9. The largest absolute Gasteiger partial charge is 0.321 e. The number of aromatic nitrogens is 2. The normalized spacial score (nSPS) is 10.9. The molecule has 0 fully saturated rings. The average molecular weight is 372 g/mol. The van der Waals surface area contributed by atoms with Crippen LogP contribution in [0.4, 0.5) is 5.69 Å². The molecule has 2 heterocycles. The summed E-state index contributed by atoms with van der Waals surface area (Å²) in [7, 11) is 0. The minimum atomic E-state index is -0.132. The number of nitrogens with zero attached hydrogens (tertiary/aromatic N) is 2. The zero-order valence-electron chi connectivity index (χ0n) is 13.1.